The Balaban J connectivity index is 1.74. The van der Waals surface area contributed by atoms with Crippen molar-refractivity contribution in [1.82, 2.24) is 5.32 Å². The van der Waals surface area contributed by atoms with Crippen LogP contribution in [0.1, 0.15) is 44.1 Å². The van der Waals surface area contributed by atoms with Gasteiger partial charge >= 0.3 is 0 Å². The molecule has 2 unspecified atom stereocenters. The van der Waals surface area contributed by atoms with Crippen molar-refractivity contribution in [1.29, 1.82) is 0 Å². The van der Waals surface area contributed by atoms with Crippen LogP contribution in [0.3, 0.4) is 0 Å². The van der Waals surface area contributed by atoms with Crippen molar-refractivity contribution in [2.75, 3.05) is 25.0 Å². The summed E-state index contributed by atoms with van der Waals surface area (Å²) in [5, 5.41) is 3.38. The van der Waals surface area contributed by atoms with Crippen LogP contribution in [-0.4, -0.2) is 26.2 Å². The van der Waals surface area contributed by atoms with Gasteiger partial charge in [0, 0.05) is 30.7 Å². The predicted molar refractivity (Wildman–Crippen MR) is 81.9 cm³/mol. The Hall–Kier alpha value is -1.02. The third kappa shape index (κ3) is 2.64. The lowest BCUT2D eigenvalue weighted by atomic mass is 9.85. The SMILES string of the molecule is CNC(C)CC1CN(CC2CCC2)c2ccccc21. The van der Waals surface area contributed by atoms with Gasteiger partial charge in [-0.15, -0.1) is 0 Å². The van der Waals surface area contributed by atoms with Crippen LogP contribution in [0.15, 0.2) is 24.3 Å². The van der Waals surface area contributed by atoms with Crippen LogP contribution in [0.25, 0.3) is 0 Å². The maximum absolute atomic E-state index is 3.38. The highest BCUT2D eigenvalue weighted by atomic mass is 15.2. The average molecular weight is 258 g/mol. The van der Waals surface area contributed by atoms with Crippen LogP contribution in [0, 0.1) is 5.92 Å². The first-order chi connectivity index (χ1) is 9.28. The standard InChI is InChI=1S/C17H26N2/c1-13(18-2)10-15-12-19(11-14-6-5-7-14)17-9-4-3-8-16(15)17/h3-4,8-9,13-15,18H,5-7,10-12H2,1-2H3. The highest BCUT2D eigenvalue weighted by molar-refractivity contribution is 5.60. The minimum absolute atomic E-state index is 0.599. The molecule has 0 saturated heterocycles. The molecule has 104 valence electrons. The minimum atomic E-state index is 0.599. The first-order valence-electron chi connectivity index (χ1n) is 7.79. The topological polar surface area (TPSA) is 15.3 Å². The predicted octanol–water partition coefficient (Wildman–Crippen LogP) is 3.39. The number of rotatable bonds is 5. The quantitative estimate of drug-likeness (QED) is 0.871. The fraction of sp³-hybridized carbons (Fsp3) is 0.647. The Kier molecular flexibility index (Phi) is 3.79. The maximum Gasteiger partial charge on any atom is 0.0402 e. The number of anilines is 1. The van der Waals surface area contributed by atoms with Gasteiger partial charge in [0.25, 0.3) is 0 Å². The molecule has 1 aromatic carbocycles. The van der Waals surface area contributed by atoms with Gasteiger partial charge in [0.15, 0.2) is 0 Å². The number of nitrogens with one attached hydrogen (secondary N) is 1. The second kappa shape index (κ2) is 5.54. The molecule has 0 amide bonds. The molecular formula is C17H26N2. The molecular weight excluding hydrogens is 232 g/mol. The molecule has 2 heteroatoms. The zero-order valence-corrected chi connectivity index (χ0v) is 12.2. The van der Waals surface area contributed by atoms with E-state index in [4.69, 9.17) is 0 Å². The van der Waals surface area contributed by atoms with E-state index < -0.39 is 0 Å². The van der Waals surface area contributed by atoms with E-state index in [9.17, 15) is 0 Å². The van der Waals surface area contributed by atoms with Crippen LogP contribution in [0.5, 0.6) is 0 Å². The summed E-state index contributed by atoms with van der Waals surface area (Å²) in [6.45, 7) is 4.79. The van der Waals surface area contributed by atoms with Gasteiger partial charge in [0.05, 0.1) is 0 Å². The van der Waals surface area contributed by atoms with Crippen LogP contribution >= 0.6 is 0 Å². The number of hydrogen-bond donors (Lipinski definition) is 1. The lowest BCUT2D eigenvalue weighted by molar-refractivity contribution is 0.317. The van der Waals surface area contributed by atoms with E-state index in [1.807, 2.05) is 0 Å². The Labute approximate surface area is 117 Å². The van der Waals surface area contributed by atoms with Gasteiger partial charge in [-0.25, -0.2) is 0 Å². The van der Waals surface area contributed by atoms with Gasteiger partial charge in [0.1, 0.15) is 0 Å². The van der Waals surface area contributed by atoms with E-state index in [1.54, 1.807) is 5.56 Å². The summed E-state index contributed by atoms with van der Waals surface area (Å²) in [5.41, 5.74) is 3.08. The molecule has 1 N–H and O–H groups in total. The van der Waals surface area contributed by atoms with E-state index >= 15 is 0 Å². The summed E-state index contributed by atoms with van der Waals surface area (Å²) in [4.78, 5) is 2.65. The molecule has 2 nitrogen and oxygen atoms in total. The van der Waals surface area contributed by atoms with Crippen LogP contribution in [-0.2, 0) is 0 Å². The van der Waals surface area contributed by atoms with Crippen molar-refractivity contribution < 1.29 is 0 Å². The molecule has 1 aliphatic carbocycles. The zero-order chi connectivity index (χ0) is 13.2. The number of fused-ring (bicyclic) bond motifs is 1. The second-order valence-electron chi connectivity index (χ2n) is 6.38. The first-order valence-corrected chi connectivity index (χ1v) is 7.79. The number of nitrogens with zero attached hydrogens (tertiary/aromatic N) is 1. The molecule has 1 heterocycles. The molecule has 2 atom stereocenters. The van der Waals surface area contributed by atoms with Gasteiger partial charge in [-0.2, -0.15) is 0 Å². The summed E-state index contributed by atoms with van der Waals surface area (Å²) in [6.07, 6.45) is 5.57. The second-order valence-corrected chi connectivity index (χ2v) is 6.38. The summed E-state index contributed by atoms with van der Waals surface area (Å²) in [7, 11) is 2.07. The fourth-order valence-electron chi connectivity index (χ4n) is 3.49. The molecule has 19 heavy (non-hydrogen) atoms. The van der Waals surface area contributed by atoms with E-state index in [0.29, 0.717) is 12.0 Å². The molecule has 2 aliphatic rings. The molecule has 0 radical (unpaired) electrons. The largest absolute Gasteiger partial charge is 0.370 e. The minimum Gasteiger partial charge on any atom is -0.370 e. The van der Waals surface area contributed by atoms with Gasteiger partial charge in [-0.1, -0.05) is 24.6 Å². The van der Waals surface area contributed by atoms with Crippen molar-refractivity contribution in [3.8, 4) is 0 Å². The van der Waals surface area contributed by atoms with Crippen LogP contribution < -0.4 is 10.2 Å². The molecule has 1 saturated carbocycles. The van der Waals surface area contributed by atoms with E-state index in [2.05, 4.69) is 48.5 Å². The fourth-order valence-corrected chi connectivity index (χ4v) is 3.49. The summed E-state index contributed by atoms with van der Waals surface area (Å²) in [6, 6.07) is 9.64. The smallest absolute Gasteiger partial charge is 0.0402 e. The number of para-hydroxylation sites is 1. The van der Waals surface area contributed by atoms with Gasteiger partial charge in [-0.05, 0) is 50.8 Å². The Morgan fingerprint density at radius 2 is 2.11 bits per heavy atom. The van der Waals surface area contributed by atoms with Crippen molar-refractivity contribution >= 4 is 5.69 Å². The van der Waals surface area contributed by atoms with Crippen molar-refractivity contribution in [2.45, 2.75) is 44.6 Å². The Morgan fingerprint density at radius 3 is 2.79 bits per heavy atom. The molecule has 3 rings (SSSR count). The van der Waals surface area contributed by atoms with Gasteiger partial charge in [0.2, 0.25) is 0 Å². The molecule has 1 aliphatic heterocycles. The monoisotopic (exact) mass is 258 g/mol. The third-order valence-electron chi connectivity index (χ3n) is 4.99. The van der Waals surface area contributed by atoms with Crippen molar-refractivity contribution in [2.24, 2.45) is 5.92 Å². The Morgan fingerprint density at radius 1 is 1.32 bits per heavy atom. The summed E-state index contributed by atoms with van der Waals surface area (Å²) in [5.74, 6) is 1.66. The van der Waals surface area contributed by atoms with E-state index in [-0.39, 0.29) is 0 Å². The van der Waals surface area contributed by atoms with Crippen molar-refractivity contribution in [3.63, 3.8) is 0 Å². The molecule has 1 fully saturated rings. The highest BCUT2D eigenvalue weighted by Crippen LogP contribution is 2.40. The molecule has 0 bridgehead atoms. The maximum atomic E-state index is 3.38. The summed E-state index contributed by atoms with van der Waals surface area (Å²) >= 11 is 0. The van der Waals surface area contributed by atoms with Gasteiger partial charge in [-0.3, -0.25) is 0 Å². The number of benzene rings is 1. The number of hydrogen-bond acceptors (Lipinski definition) is 2. The molecule has 0 aromatic heterocycles. The normalized spacial score (nSPS) is 24.1. The highest BCUT2D eigenvalue weighted by Gasteiger charge is 2.31. The van der Waals surface area contributed by atoms with E-state index in [0.717, 1.165) is 5.92 Å². The molecule has 0 spiro atoms. The lowest BCUT2D eigenvalue weighted by Gasteiger charge is -2.31. The average Bonchev–Trinajstić information content (AvgIpc) is 2.72. The van der Waals surface area contributed by atoms with E-state index in [1.165, 1.54) is 44.5 Å². The summed E-state index contributed by atoms with van der Waals surface area (Å²) < 4.78 is 0. The first kappa shape index (κ1) is 13.0. The zero-order valence-electron chi connectivity index (χ0n) is 12.2. The lowest BCUT2D eigenvalue weighted by Crippen LogP contribution is -2.32. The third-order valence-corrected chi connectivity index (χ3v) is 4.99. The Bertz CT molecular complexity index is 393. The van der Waals surface area contributed by atoms with Crippen LogP contribution in [0.2, 0.25) is 0 Å². The van der Waals surface area contributed by atoms with Gasteiger partial charge < -0.3 is 10.2 Å². The van der Waals surface area contributed by atoms with Crippen LogP contribution in [0.4, 0.5) is 5.69 Å². The van der Waals surface area contributed by atoms with Crippen molar-refractivity contribution in [3.05, 3.63) is 29.8 Å². The molecule has 1 aromatic rings.